The van der Waals surface area contributed by atoms with Crippen molar-refractivity contribution in [2.45, 2.75) is 12.8 Å². The number of carboxylic acids is 1. The van der Waals surface area contributed by atoms with E-state index >= 15 is 0 Å². The highest BCUT2D eigenvalue weighted by atomic mass is 35.5. The van der Waals surface area contributed by atoms with E-state index in [1.807, 2.05) is 0 Å². The number of benzene rings is 1. The van der Waals surface area contributed by atoms with E-state index in [9.17, 15) is 14.0 Å². The molecule has 0 aromatic heterocycles. The lowest BCUT2D eigenvalue weighted by atomic mass is 10.3. The SMILES string of the molecule is O=C(O)CN(CC1CC1)C(=O)Nc1ccc(Cl)cc1F. The highest BCUT2D eigenvalue weighted by molar-refractivity contribution is 6.30. The molecule has 0 unspecified atom stereocenters. The molecule has 2 rings (SSSR count). The molecule has 0 heterocycles. The van der Waals surface area contributed by atoms with Crippen LogP contribution in [0.3, 0.4) is 0 Å². The van der Waals surface area contributed by atoms with Crippen LogP contribution in [0.4, 0.5) is 14.9 Å². The normalized spacial score (nSPS) is 13.9. The van der Waals surface area contributed by atoms with Crippen LogP contribution >= 0.6 is 11.6 Å². The highest BCUT2D eigenvalue weighted by Gasteiger charge is 2.28. The van der Waals surface area contributed by atoms with Gasteiger partial charge in [0.1, 0.15) is 12.4 Å². The Hall–Kier alpha value is -1.82. The van der Waals surface area contributed by atoms with Crippen molar-refractivity contribution in [3.8, 4) is 0 Å². The number of nitrogens with zero attached hydrogens (tertiary/aromatic N) is 1. The van der Waals surface area contributed by atoms with Crippen molar-refractivity contribution < 1.29 is 19.1 Å². The Morgan fingerprint density at radius 3 is 2.70 bits per heavy atom. The first-order valence-corrected chi connectivity index (χ1v) is 6.56. The zero-order valence-electron chi connectivity index (χ0n) is 10.6. The number of amides is 2. The molecule has 0 radical (unpaired) electrons. The minimum absolute atomic E-state index is 0.0226. The third-order valence-corrected chi connectivity index (χ3v) is 3.20. The number of hydrogen-bond donors (Lipinski definition) is 2. The van der Waals surface area contributed by atoms with Gasteiger partial charge in [-0.3, -0.25) is 4.79 Å². The molecule has 1 fully saturated rings. The smallest absolute Gasteiger partial charge is 0.323 e. The van der Waals surface area contributed by atoms with E-state index in [1.165, 1.54) is 17.0 Å². The maximum absolute atomic E-state index is 13.6. The fraction of sp³-hybridized carbons (Fsp3) is 0.385. The fourth-order valence-corrected chi connectivity index (χ4v) is 1.94. The number of aliphatic carboxylic acids is 1. The van der Waals surface area contributed by atoms with Crippen LogP contribution in [0, 0.1) is 11.7 Å². The Bertz CT molecular complexity index is 534. The minimum Gasteiger partial charge on any atom is -0.480 e. The third kappa shape index (κ3) is 4.09. The van der Waals surface area contributed by atoms with E-state index in [2.05, 4.69) is 5.32 Å². The number of nitrogens with one attached hydrogen (secondary N) is 1. The molecular formula is C13H14ClFN2O3. The van der Waals surface area contributed by atoms with Gasteiger partial charge in [-0.15, -0.1) is 0 Å². The van der Waals surface area contributed by atoms with Crippen LogP contribution in [-0.4, -0.2) is 35.1 Å². The van der Waals surface area contributed by atoms with Crippen LogP contribution < -0.4 is 5.32 Å². The second kappa shape index (κ2) is 6.09. The monoisotopic (exact) mass is 300 g/mol. The number of carbonyl (C=O) groups excluding carboxylic acids is 1. The van der Waals surface area contributed by atoms with E-state index in [-0.39, 0.29) is 10.7 Å². The van der Waals surface area contributed by atoms with Crippen LogP contribution in [0.1, 0.15) is 12.8 Å². The van der Waals surface area contributed by atoms with E-state index in [0.29, 0.717) is 12.5 Å². The summed E-state index contributed by atoms with van der Waals surface area (Å²) in [6, 6.07) is 3.24. The summed E-state index contributed by atoms with van der Waals surface area (Å²) in [5, 5.41) is 11.4. The van der Waals surface area contributed by atoms with E-state index < -0.39 is 24.4 Å². The number of halogens is 2. The van der Waals surface area contributed by atoms with Crippen molar-refractivity contribution in [2.75, 3.05) is 18.4 Å². The number of hydrogen-bond acceptors (Lipinski definition) is 2. The van der Waals surface area contributed by atoms with Crippen molar-refractivity contribution in [1.29, 1.82) is 0 Å². The van der Waals surface area contributed by atoms with Crippen LogP contribution in [-0.2, 0) is 4.79 Å². The molecule has 0 atom stereocenters. The molecule has 1 saturated carbocycles. The predicted molar refractivity (Wildman–Crippen MR) is 72.4 cm³/mol. The Balaban J connectivity index is 2.04. The zero-order valence-corrected chi connectivity index (χ0v) is 11.4. The molecule has 1 aromatic rings. The summed E-state index contributed by atoms with van der Waals surface area (Å²) in [5.74, 6) is -1.42. The summed E-state index contributed by atoms with van der Waals surface area (Å²) < 4.78 is 13.6. The first-order chi connectivity index (χ1) is 9.45. The van der Waals surface area contributed by atoms with Crippen molar-refractivity contribution in [1.82, 2.24) is 4.90 Å². The molecule has 1 aromatic carbocycles. The van der Waals surface area contributed by atoms with Gasteiger partial charge in [0.05, 0.1) is 5.69 Å². The maximum atomic E-state index is 13.6. The van der Waals surface area contributed by atoms with Gasteiger partial charge in [-0.1, -0.05) is 11.6 Å². The number of carbonyl (C=O) groups is 2. The molecule has 2 amide bonds. The lowest BCUT2D eigenvalue weighted by Crippen LogP contribution is -2.40. The van der Waals surface area contributed by atoms with Gasteiger partial charge in [0, 0.05) is 11.6 Å². The van der Waals surface area contributed by atoms with Gasteiger partial charge < -0.3 is 15.3 Å². The molecule has 108 valence electrons. The molecule has 7 heteroatoms. The molecule has 0 spiro atoms. The number of anilines is 1. The molecule has 0 bridgehead atoms. The highest BCUT2D eigenvalue weighted by Crippen LogP contribution is 2.30. The van der Waals surface area contributed by atoms with Gasteiger partial charge in [0.2, 0.25) is 0 Å². The van der Waals surface area contributed by atoms with Crippen molar-refractivity contribution >= 4 is 29.3 Å². The number of urea groups is 1. The lowest BCUT2D eigenvalue weighted by molar-refractivity contribution is -0.137. The maximum Gasteiger partial charge on any atom is 0.323 e. The van der Waals surface area contributed by atoms with Crippen molar-refractivity contribution in [3.63, 3.8) is 0 Å². The fourth-order valence-electron chi connectivity index (χ4n) is 1.78. The van der Waals surface area contributed by atoms with Gasteiger partial charge in [-0.2, -0.15) is 0 Å². The van der Waals surface area contributed by atoms with Gasteiger partial charge in [-0.25, -0.2) is 9.18 Å². The van der Waals surface area contributed by atoms with Gasteiger partial charge in [0.25, 0.3) is 0 Å². The Morgan fingerprint density at radius 2 is 2.15 bits per heavy atom. The van der Waals surface area contributed by atoms with Crippen LogP contribution in [0.25, 0.3) is 0 Å². The molecule has 0 saturated heterocycles. The molecule has 1 aliphatic rings. The lowest BCUT2D eigenvalue weighted by Gasteiger charge is -2.21. The quantitative estimate of drug-likeness (QED) is 0.878. The molecular weight excluding hydrogens is 287 g/mol. The topological polar surface area (TPSA) is 69.6 Å². The van der Waals surface area contributed by atoms with Gasteiger partial charge in [0.15, 0.2) is 0 Å². The van der Waals surface area contributed by atoms with E-state index in [4.69, 9.17) is 16.7 Å². The first-order valence-electron chi connectivity index (χ1n) is 6.18. The largest absolute Gasteiger partial charge is 0.480 e. The summed E-state index contributed by atoms with van der Waals surface area (Å²) >= 11 is 5.62. The Morgan fingerprint density at radius 1 is 1.45 bits per heavy atom. The summed E-state index contributed by atoms with van der Waals surface area (Å²) in [7, 11) is 0. The third-order valence-electron chi connectivity index (χ3n) is 2.96. The number of carboxylic acid groups (broad SMARTS) is 1. The average molecular weight is 301 g/mol. The summed E-state index contributed by atoms with van der Waals surface area (Å²) in [6.07, 6.45) is 1.97. The second-order valence-corrected chi connectivity index (χ2v) is 5.21. The first kappa shape index (κ1) is 14.6. The summed E-state index contributed by atoms with van der Waals surface area (Å²) in [6.45, 7) is -0.0368. The Labute approximate surface area is 120 Å². The van der Waals surface area contributed by atoms with Crippen molar-refractivity contribution in [2.24, 2.45) is 5.92 Å². The Kier molecular flexibility index (Phi) is 4.44. The average Bonchev–Trinajstić information content (AvgIpc) is 3.15. The molecule has 2 N–H and O–H groups in total. The molecule has 1 aliphatic carbocycles. The molecule has 0 aliphatic heterocycles. The van der Waals surface area contributed by atoms with Gasteiger partial charge in [-0.05, 0) is 37.0 Å². The van der Waals surface area contributed by atoms with Crippen LogP contribution in [0.5, 0.6) is 0 Å². The van der Waals surface area contributed by atoms with E-state index in [0.717, 1.165) is 18.9 Å². The number of rotatable bonds is 5. The second-order valence-electron chi connectivity index (χ2n) is 4.77. The zero-order chi connectivity index (χ0) is 14.7. The summed E-state index contributed by atoms with van der Waals surface area (Å²) in [5.41, 5.74) is -0.0226. The molecule has 5 nitrogen and oxygen atoms in total. The molecule has 20 heavy (non-hydrogen) atoms. The predicted octanol–water partition coefficient (Wildman–Crippen LogP) is 2.81. The van der Waals surface area contributed by atoms with E-state index in [1.54, 1.807) is 0 Å². The van der Waals surface area contributed by atoms with Crippen molar-refractivity contribution in [3.05, 3.63) is 29.0 Å². The minimum atomic E-state index is -1.10. The summed E-state index contributed by atoms with van der Waals surface area (Å²) in [4.78, 5) is 23.9. The van der Waals surface area contributed by atoms with Gasteiger partial charge >= 0.3 is 12.0 Å². The van der Waals surface area contributed by atoms with Crippen LogP contribution in [0.2, 0.25) is 5.02 Å². The standard InChI is InChI=1S/C13H14ClFN2O3/c14-9-3-4-11(10(15)5-9)16-13(20)17(7-12(18)19)6-8-1-2-8/h3-5,8H,1-2,6-7H2,(H,16,20)(H,18,19). The van der Waals surface area contributed by atoms with Crippen LogP contribution in [0.15, 0.2) is 18.2 Å².